The first kappa shape index (κ1) is 11.4. The number of aliphatic hydroxyl groups excluding tert-OH is 3. The lowest BCUT2D eigenvalue weighted by Crippen LogP contribution is -2.58. The molecule has 0 unspecified atom stereocenters. The van der Waals surface area contributed by atoms with Crippen LogP contribution in [0.15, 0.2) is 0 Å². The minimum Gasteiger partial charge on any atom is -0.390 e. The van der Waals surface area contributed by atoms with E-state index >= 15 is 0 Å². The predicted octanol–water partition coefficient (Wildman–Crippen LogP) is -2.66. The Balaban J connectivity index is 2.78. The summed E-state index contributed by atoms with van der Waals surface area (Å²) in [6, 6.07) is 0. The number of hydrogen-bond acceptors (Lipinski definition) is 5. The van der Waals surface area contributed by atoms with E-state index in [9.17, 15) is 25.2 Å². The van der Waals surface area contributed by atoms with E-state index in [4.69, 9.17) is 0 Å². The van der Waals surface area contributed by atoms with Gasteiger partial charge in [0.25, 0.3) is 5.91 Å². The Morgan fingerprint density at radius 3 is 2.07 bits per heavy atom. The Labute approximate surface area is 81.2 Å². The van der Waals surface area contributed by atoms with Crippen molar-refractivity contribution in [2.24, 2.45) is 0 Å². The molecule has 6 nitrogen and oxygen atoms in total. The molecule has 5 N–H and O–H groups in total. The Morgan fingerprint density at radius 2 is 1.71 bits per heavy atom. The summed E-state index contributed by atoms with van der Waals surface area (Å²) < 4.78 is 0. The van der Waals surface area contributed by atoms with Gasteiger partial charge in [-0.15, -0.1) is 0 Å². The van der Waals surface area contributed by atoms with Gasteiger partial charge in [-0.3, -0.25) is 4.79 Å². The van der Waals surface area contributed by atoms with Crippen molar-refractivity contribution in [3.8, 4) is 0 Å². The Bertz CT molecular complexity index is 220. The highest BCUT2D eigenvalue weighted by molar-refractivity contribution is 5.84. The van der Waals surface area contributed by atoms with Crippen LogP contribution < -0.4 is 5.32 Å². The topological polar surface area (TPSA) is 110 Å². The third-order valence-electron chi connectivity index (χ3n) is 2.53. The Hall–Kier alpha value is -0.690. The second kappa shape index (κ2) is 3.82. The predicted molar refractivity (Wildman–Crippen MR) is 46.3 cm³/mol. The van der Waals surface area contributed by atoms with Crippen LogP contribution in [0, 0.1) is 0 Å². The van der Waals surface area contributed by atoms with E-state index in [1.165, 1.54) is 7.05 Å². The second-order valence-electron chi connectivity index (χ2n) is 3.64. The minimum absolute atomic E-state index is 0.273. The van der Waals surface area contributed by atoms with E-state index in [0.717, 1.165) is 0 Å². The molecule has 1 rings (SSSR count). The highest BCUT2D eigenvalue weighted by atomic mass is 16.4. The number of rotatable bonds is 1. The molecule has 6 heteroatoms. The van der Waals surface area contributed by atoms with Crippen molar-refractivity contribution < 1.29 is 25.2 Å². The van der Waals surface area contributed by atoms with Crippen molar-refractivity contribution >= 4 is 5.91 Å². The molecule has 14 heavy (non-hydrogen) atoms. The van der Waals surface area contributed by atoms with E-state index < -0.39 is 29.8 Å². The zero-order valence-electron chi connectivity index (χ0n) is 7.84. The van der Waals surface area contributed by atoms with Gasteiger partial charge in [-0.2, -0.15) is 0 Å². The van der Waals surface area contributed by atoms with Crippen molar-refractivity contribution in [2.75, 3.05) is 7.05 Å². The molecule has 2 atom stereocenters. The number of aliphatic hydroxyl groups is 4. The van der Waals surface area contributed by atoms with Gasteiger partial charge < -0.3 is 25.7 Å². The smallest absolute Gasteiger partial charge is 0.251 e. The number of carbonyl (C=O) groups excluding carboxylic acids is 1. The third kappa shape index (κ3) is 1.88. The standard InChI is InChI=1S/C8H15NO5/c1-9-7(13)8(14)2-4(10)6(12)5(11)3-8/h4-6,10-12,14H,2-3H2,1H3,(H,9,13)/t4-,5-,6?,8?/m1/s1. The highest BCUT2D eigenvalue weighted by Gasteiger charge is 2.47. The van der Waals surface area contributed by atoms with Gasteiger partial charge in [-0.1, -0.05) is 0 Å². The van der Waals surface area contributed by atoms with Crippen LogP contribution in [0.5, 0.6) is 0 Å². The van der Waals surface area contributed by atoms with Gasteiger partial charge in [0, 0.05) is 19.9 Å². The first-order valence-corrected chi connectivity index (χ1v) is 4.39. The van der Waals surface area contributed by atoms with Gasteiger partial charge in [0.05, 0.1) is 12.2 Å². The van der Waals surface area contributed by atoms with E-state index in [1.807, 2.05) is 0 Å². The lowest BCUT2D eigenvalue weighted by molar-refractivity contribution is -0.172. The monoisotopic (exact) mass is 205 g/mol. The molecule has 1 saturated carbocycles. The maximum Gasteiger partial charge on any atom is 0.251 e. The minimum atomic E-state index is -1.80. The van der Waals surface area contributed by atoms with Crippen LogP contribution in [-0.2, 0) is 4.79 Å². The molecular weight excluding hydrogens is 190 g/mol. The van der Waals surface area contributed by atoms with Crippen molar-refractivity contribution in [3.63, 3.8) is 0 Å². The molecule has 0 saturated heterocycles. The summed E-state index contributed by atoms with van der Waals surface area (Å²) >= 11 is 0. The van der Waals surface area contributed by atoms with Crippen molar-refractivity contribution in [2.45, 2.75) is 36.8 Å². The summed E-state index contributed by atoms with van der Waals surface area (Å²) in [4.78, 5) is 11.2. The fraction of sp³-hybridized carbons (Fsp3) is 0.875. The number of hydrogen-bond donors (Lipinski definition) is 5. The van der Waals surface area contributed by atoms with Crippen LogP contribution >= 0.6 is 0 Å². The van der Waals surface area contributed by atoms with Crippen LogP contribution in [-0.4, -0.2) is 57.3 Å². The molecule has 0 bridgehead atoms. The largest absolute Gasteiger partial charge is 0.390 e. The molecule has 0 aromatic rings. The molecule has 0 aromatic carbocycles. The first-order chi connectivity index (χ1) is 6.40. The summed E-state index contributed by atoms with van der Waals surface area (Å²) in [6.45, 7) is 0. The zero-order valence-corrected chi connectivity index (χ0v) is 7.84. The van der Waals surface area contributed by atoms with Crippen LogP contribution in [0.2, 0.25) is 0 Å². The van der Waals surface area contributed by atoms with Crippen molar-refractivity contribution in [1.29, 1.82) is 0 Å². The maximum atomic E-state index is 11.2. The molecule has 82 valence electrons. The van der Waals surface area contributed by atoms with Gasteiger partial charge in [0.15, 0.2) is 0 Å². The molecule has 1 aliphatic rings. The molecule has 0 aliphatic heterocycles. The molecule has 0 heterocycles. The zero-order chi connectivity index (χ0) is 10.9. The third-order valence-corrected chi connectivity index (χ3v) is 2.53. The lowest BCUT2D eigenvalue weighted by Gasteiger charge is -2.38. The van der Waals surface area contributed by atoms with Crippen LogP contribution in [0.4, 0.5) is 0 Å². The van der Waals surface area contributed by atoms with E-state index in [1.54, 1.807) is 0 Å². The lowest BCUT2D eigenvalue weighted by atomic mass is 9.79. The van der Waals surface area contributed by atoms with Gasteiger partial charge >= 0.3 is 0 Å². The quantitative estimate of drug-likeness (QED) is 0.321. The Morgan fingerprint density at radius 1 is 1.29 bits per heavy atom. The highest BCUT2D eigenvalue weighted by Crippen LogP contribution is 2.29. The van der Waals surface area contributed by atoms with Crippen molar-refractivity contribution in [1.82, 2.24) is 5.32 Å². The number of likely N-dealkylation sites (N-methyl/N-ethyl adjacent to an activating group) is 1. The van der Waals surface area contributed by atoms with Gasteiger partial charge in [0.2, 0.25) is 0 Å². The van der Waals surface area contributed by atoms with Crippen LogP contribution in [0.3, 0.4) is 0 Å². The number of carbonyl (C=O) groups is 1. The van der Waals surface area contributed by atoms with Crippen LogP contribution in [0.1, 0.15) is 12.8 Å². The Kier molecular flexibility index (Phi) is 3.10. The van der Waals surface area contributed by atoms with Gasteiger partial charge in [0.1, 0.15) is 11.7 Å². The first-order valence-electron chi connectivity index (χ1n) is 4.39. The van der Waals surface area contributed by atoms with Gasteiger partial charge in [-0.05, 0) is 0 Å². The maximum absolute atomic E-state index is 11.2. The fourth-order valence-corrected chi connectivity index (χ4v) is 1.69. The average Bonchev–Trinajstić information content (AvgIpc) is 2.12. The molecule has 0 spiro atoms. The average molecular weight is 205 g/mol. The summed E-state index contributed by atoms with van der Waals surface area (Å²) in [5.41, 5.74) is -1.80. The second-order valence-corrected chi connectivity index (χ2v) is 3.64. The normalized spacial score (nSPS) is 43.4. The molecule has 1 fully saturated rings. The van der Waals surface area contributed by atoms with Crippen molar-refractivity contribution in [3.05, 3.63) is 0 Å². The molecule has 1 amide bonds. The summed E-state index contributed by atoms with van der Waals surface area (Å²) in [6.07, 6.45) is -4.43. The number of amides is 1. The van der Waals surface area contributed by atoms with E-state index in [-0.39, 0.29) is 12.8 Å². The summed E-state index contributed by atoms with van der Waals surface area (Å²) in [5.74, 6) is -0.664. The fourth-order valence-electron chi connectivity index (χ4n) is 1.69. The summed E-state index contributed by atoms with van der Waals surface area (Å²) in [5, 5.41) is 39.7. The molecular formula is C8H15NO5. The summed E-state index contributed by atoms with van der Waals surface area (Å²) in [7, 11) is 1.35. The van der Waals surface area contributed by atoms with Gasteiger partial charge in [-0.25, -0.2) is 0 Å². The van der Waals surface area contributed by atoms with Crippen LogP contribution in [0.25, 0.3) is 0 Å². The van der Waals surface area contributed by atoms with E-state index in [2.05, 4.69) is 5.32 Å². The molecule has 0 radical (unpaired) electrons. The molecule has 0 aromatic heterocycles. The molecule has 1 aliphatic carbocycles. The SMILES string of the molecule is CNC(=O)C1(O)C[C@@H](O)C(O)[C@H](O)C1. The van der Waals surface area contributed by atoms with E-state index in [0.29, 0.717) is 0 Å². The number of nitrogens with one attached hydrogen (secondary N) is 1.